The third-order valence-electron chi connectivity index (χ3n) is 7.87. The number of ether oxygens (including phenoxy) is 1. The van der Waals surface area contributed by atoms with Gasteiger partial charge < -0.3 is 64.3 Å². The van der Waals surface area contributed by atoms with E-state index in [0.29, 0.717) is 55.8 Å². The smallest absolute Gasteiger partial charge is 0.267 e. The lowest BCUT2D eigenvalue weighted by atomic mass is 10.3. The van der Waals surface area contributed by atoms with Gasteiger partial charge in [0.15, 0.2) is 30.0 Å². The standard InChI is InChI=1S/C10H15N3O2.C7H10N2O.C6H7N3O2.C6H11N3.C5H6N2O.C4H9NO.C3H8O.C2H6/c1-11-8-6-9(13(2)7-8)10(15)12-4-3-5-14;1-6-3-7(8-5-10)4-9(6)2;1-9-2-5(7-4-11)8-6(9)3-10;1-5-8-6(7-2)4-9(5)3;1-7-3-2-6-5(7)4-8;1-2-3-5-4-6;1-3-4-2;1-2/h5-7,11H,3-4H2,1-2H3,(H,12,15);3-5H,1-2H3,(H,8,10);2-4H,1H3,(H,7,11);4,7H,1-3H3;2-4H,1H3;4H,2-3H2,1H3,(H,5,6);3H2,1-2H3;1-2H3. The first-order chi connectivity index (χ1) is 31.1. The maximum atomic E-state index is 11.6. The molecule has 0 bridgehead atoms. The summed E-state index contributed by atoms with van der Waals surface area (Å²) in [6.07, 6.45) is 15.9. The van der Waals surface area contributed by atoms with Crippen molar-refractivity contribution in [1.29, 1.82) is 0 Å². The van der Waals surface area contributed by atoms with Gasteiger partial charge in [-0.15, -0.1) is 0 Å². The van der Waals surface area contributed by atoms with Crippen molar-refractivity contribution in [2.45, 2.75) is 54.4 Å². The number of rotatable bonds is 16. The molecule has 0 aliphatic heterocycles. The molecule has 0 spiro atoms. The van der Waals surface area contributed by atoms with Crippen molar-refractivity contribution in [2.24, 2.45) is 35.2 Å². The van der Waals surface area contributed by atoms with Crippen molar-refractivity contribution in [1.82, 2.24) is 48.4 Å². The summed E-state index contributed by atoms with van der Waals surface area (Å²) in [5, 5.41) is 16.0. The van der Waals surface area contributed by atoms with E-state index in [1.807, 2.05) is 96.5 Å². The molecule has 0 unspecified atom stereocenters. The van der Waals surface area contributed by atoms with E-state index < -0.39 is 0 Å². The van der Waals surface area contributed by atoms with Gasteiger partial charge in [0.25, 0.3) is 5.91 Å². The van der Waals surface area contributed by atoms with Gasteiger partial charge in [0.2, 0.25) is 19.2 Å². The van der Waals surface area contributed by atoms with Crippen molar-refractivity contribution in [3.8, 4) is 0 Å². The molecule has 4 amide bonds. The lowest BCUT2D eigenvalue weighted by Crippen LogP contribution is -2.26. The minimum absolute atomic E-state index is 0.166. The SMILES string of the molecule is CC.CCCNC=O.CCOC.CNc1cc(C(=O)NCCC=O)n(C)c1.CNc1cn(C)c(C)n1.Cc1cc(NC=O)cn1C.Cn1cc(NC=O)nc1C=O.Cn1ccnc1C=O. The fourth-order valence-corrected chi connectivity index (χ4v) is 4.18. The highest BCUT2D eigenvalue weighted by molar-refractivity contribution is 5.94. The normalized spacial score (nSPS) is 8.95. The number of anilines is 4. The van der Waals surface area contributed by atoms with Crippen molar-refractivity contribution >= 4 is 67.0 Å². The summed E-state index contributed by atoms with van der Waals surface area (Å²) in [5.74, 6) is 2.92. The number of aromatic nitrogens is 8. The van der Waals surface area contributed by atoms with Crippen LogP contribution in [-0.4, -0.2) is 123 Å². The third kappa shape index (κ3) is 28.1. The second-order valence-electron chi connectivity index (χ2n) is 12.6. The Morgan fingerprint density at radius 1 is 0.692 bits per heavy atom. The summed E-state index contributed by atoms with van der Waals surface area (Å²) >= 11 is 0. The van der Waals surface area contributed by atoms with E-state index in [1.54, 1.807) is 69.1 Å². The molecule has 0 saturated carbocycles. The zero-order valence-corrected chi connectivity index (χ0v) is 40.5. The highest BCUT2D eigenvalue weighted by atomic mass is 16.5. The van der Waals surface area contributed by atoms with Crippen molar-refractivity contribution < 1.29 is 38.3 Å². The van der Waals surface area contributed by atoms with Crippen LogP contribution < -0.4 is 31.9 Å². The van der Waals surface area contributed by atoms with Crippen LogP contribution in [0.5, 0.6) is 0 Å². The quantitative estimate of drug-likeness (QED) is 0.0607. The summed E-state index contributed by atoms with van der Waals surface area (Å²) in [6.45, 7) is 13.9. The van der Waals surface area contributed by atoms with E-state index in [2.05, 4.69) is 51.6 Å². The van der Waals surface area contributed by atoms with Crippen LogP contribution in [0.3, 0.4) is 0 Å². The minimum atomic E-state index is -0.166. The summed E-state index contributed by atoms with van der Waals surface area (Å²) in [6, 6.07) is 3.67. The molecule has 0 radical (unpaired) electrons. The number of aldehydes is 3. The fraction of sp³-hybridized carbons (Fsp3) is 0.442. The molecule has 0 aliphatic rings. The van der Waals surface area contributed by atoms with E-state index in [1.165, 1.54) is 4.57 Å². The second kappa shape index (κ2) is 39.5. The molecular formula is C43H72N14O8. The van der Waals surface area contributed by atoms with Gasteiger partial charge >= 0.3 is 0 Å². The number of hydrogen-bond donors (Lipinski definition) is 6. The van der Waals surface area contributed by atoms with Crippen molar-refractivity contribution in [2.75, 3.05) is 62.2 Å². The number of aryl methyl sites for hydroxylation is 7. The van der Waals surface area contributed by atoms with Crippen LogP contribution in [0, 0.1) is 13.8 Å². The molecule has 0 fully saturated rings. The molecule has 5 aromatic heterocycles. The van der Waals surface area contributed by atoms with E-state index >= 15 is 0 Å². The number of methoxy groups -OCH3 is 1. The van der Waals surface area contributed by atoms with Gasteiger partial charge in [-0.3, -0.25) is 28.8 Å². The number of nitrogens with zero attached hydrogens (tertiary/aromatic N) is 8. The number of hydrogen-bond acceptors (Lipinski definition) is 13. The molecule has 0 aromatic carbocycles. The van der Waals surface area contributed by atoms with Crippen LogP contribution in [0.4, 0.5) is 23.0 Å². The first-order valence-electron chi connectivity index (χ1n) is 20.5. The van der Waals surface area contributed by atoms with Crippen LogP contribution in [0.2, 0.25) is 0 Å². The zero-order chi connectivity index (χ0) is 50.2. The van der Waals surface area contributed by atoms with Gasteiger partial charge in [-0.1, -0.05) is 20.8 Å². The Kier molecular flexibility index (Phi) is 37.6. The molecule has 0 saturated heterocycles. The molecule has 0 atom stereocenters. The van der Waals surface area contributed by atoms with E-state index in [-0.39, 0.29) is 11.7 Å². The van der Waals surface area contributed by atoms with Crippen molar-refractivity contribution in [3.05, 3.63) is 78.2 Å². The van der Waals surface area contributed by atoms with Gasteiger partial charge in [-0.2, -0.15) is 0 Å². The number of carbonyl (C=O) groups is 7. The lowest BCUT2D eigenvalue weighted by molar-refractivity contribution is -0.109. The molecule has 65 heavy (non-hydrogen) atoms. The average molecular weight is 913 g/mol. The summed E-state index contributed by atoms with van der Waals surface area (Å²) in [4.78, 5) is 83.0. The van der Waals surface area contributed by atoms with Gasteiger partial charge in [0.1, 0.15) is 23.6 Å². The summed E-state index contributed by atoms with van der Waals surface area (Å²) < 4.78 is 13.4. The minimum Gasteiger partial charge on any atom is -0.387 e. The third-order valence-corrected chi connectivity index (χ3v) is 7.87. The average Bonchev–Trinajstić information content (AvgIpc) is 4.14. The molecule has 5 rings (SSSR count). The zero-order valence-electron chi connectivity index (χ0n) is 40.5. The number of imidazole rings is 3. The van der Waals surface area contributed by atoms with Crippen LogP contribution in [-0.2, 0) is 59.2 Å². The molecule has 5 aromatic rings. The Morgan fingerprint density at radius 3 is 1.63 bits per heavy atom. The summed E-state index contributed by atoms with van der Waals surface area (Å²) in [7, 11) is 14.5. The largest absolute Gasteiger partial charge is 0.387 e. The number of carbonyl (C=O) groups excluding carboxylic acids is 7. The molecule has 22 nitrogen and oxygen atoms in total. The Bertz CT molecular complexity index is 2010. The number of nitrogens with one attached hydrogen (secondary N) is 6. The topological polar surface area (TPSA) is 264 Å². The Morgan fingerprint density at radius 2 is 1.29 bits per heavy atom. The predicted octanol–water partition coefficient (Wildman–Crippen LogP) is 3.91. The lowest BCUT2D eigenvalue weighted by Gasteiger charge is -2.03. The van der Waals surface area contributed by atoms with Gasteiger partial charge in [-0.05, 0) is 39.3 Å². The van der Waals surface area contributed by atoms with E-state index in [9.17, 15) is 33.6 Å². The molecule has 362 valence electrons. The maximum absolute atomic E-state index is 11.6. The van der Waals surface area contributed by atoms with Crippen LogP contribution in [0.25, 0.3) is 0 Å². The summed E-state index contributed by atoms with van der Waals surface area (Å²) in [5.41, 5.74) is 3.43. The fourth-order valence-electron chi connectivity index (χ4n) is 4.18. The van der Waals surface area contributed by atoms with Crippen molar-refractivity contribution in [3.63, 3.8) is 0 Å². The Labute approximate surface area is 382 Å². The Hall–Kier alpha value is -7.36. The van der Waals surface area contributed by atoms with E-state index in [0.717, 1.165) is 60.9 Å². The van der Waals surface area contributed by atoms with Gasteiger partial charge in [0, 0.05) is 125 Å². The highest BCUT2D eigenvalue weighted by Gasteiger charge is 2.10. The maximum Gasteiger partial charge on any atom is 0.267 e. The Balaban J connectivity index is -0.000000705. The van der Waals surface area contributed by atoms with Crippen LogP contribution in [0.1, 0.15) is 83.8 Å². The highest BCUT2D eigenvalue weighted by Crippen LogP contribution is 2.12. The molecule has 0 aliphatic carbocycles. The first kappa shape index (κ1) is 61.9. The molecule has 5 heterocycles. The van der Waals surface area contributed by atoms with Gasteiger partial charge in [0.05, 0.1) is 11.4 Å². The number of amides is 4. The monoisotopic (exact) mass is 913 g/mol. The van der Waals surface area contributed by atoms with Crippen LogP contribution >= 0.6 is 0 Å². The molecular weight excluding hydrogens is 841 g/mol. The first-order valence-corrected chi connectivity index (χ1v) is 20.5. The molecule has 22 heteroatoms. The van der Waals surface area contributed by atoms with Crippen LogP contribution in [0.15, 0.2) is 49.3 Å². The second-order valence-corrected chi connectivity index (χ2v) is 12.6. The molecule has 6 N–H and O–H groups in total. The van der Waals surface area contributed by atoms with E-state index in [4.69, 9.17) is 0 Å². The predicted molar refractivity (Wildman–Crippen MR) is 255 cm³/mol. The van der Waals surface area contributed by atoms with Gasteiger partial charge in [-0.25, -0.2) is 15.0 Å².